The number of piperidine rings is 1. The van der Waals surface area contributed by atoms with Crippen LogP contribution in [0, 0.1) is 5.82 Å². The van der Waals surface area contributed by atoms with Gasteiger partial charge >= 0.3 is 5.97 Å². The average molecular weight is 488 g/mol. The van der Waals surface area contributed by atoms with E-state index < -0.39 is 5.82 Å². The number of fused-ring (bicyclic) bond motifs is 1. The molecular weight excluding hydrogens is 453 g/mol. The third-order valence-electron chi connectivity index (χ3n) is 6.60. The molecule has 4 rings (SSSR count). The molecule has 0 bridgehead atoms. The fourth-order valence-corrected chi connectivity index (χ4v) is 5.30. The Kier molecular flexibility index (Phi) is 7.02. The van der Waals surface area contributed by atoms with Gasteiger partial charge in [0.05, 0.1) is 19.7 Å². The number of esters is 1. The predicted octanol–water partition coefficient (Wildman–Crippen LogP) is 4.13. The molecule has 9 nitrogen and oxygen atoms in total. The number of carbonyl (C=O) groups is 1. The summed E-state index contributed by atoms with van der Waals surface area (Å²) in [5.41, 5.74) is 0.278. The first-order chi connectivity index (χ1) is 16.6. The van der Waals surface area contributed by atoms with E-state index in [0.29, 0.717) is 43.4 Å². The van der Waals surface area contributed by atoms with E-state index in [1.807, 2.05) is 18.2 Å². The lowest BCUT2D eigenvalue weighted by Crippen LogP contribution is -2.63. The molecule has 2 aromatic rings. The molecule has 2 aliphatic rings. The van der Waals surface area contributed by atoms with Crippen LogP contribution in [0.25, 0.3) is 0 Å². The maximum Gasteiger partial charge on any atom is 0.306 e. The highest BCUT2D eigenvalue weighted by molar-refractivity contribution is 5.69. The first kappa shape index (κ1) is 25.0. The number of ether oxygens (including phenoxy) is 3. The molecule has 2 aliphatic heterocycles. The molecule has 0 amide bonds. The fraction of sp³-hybridized carbons (Fsp3) is 0.560. The molecule has 190 valence electrons. The zero-order valence-electron chi connectivity index (χ0n) is 21.0. The number of methoxy groups -OCH3 is 1. The Bertz CT molecular complexity index is 1060. The van der Waals surface area contributed by atoms with Crippen molar-refractivity contribution in [3.63, 3.8) is 0 Å². The monoisotopic (exact) mass is 487 g/mol. The maximum atomic E-state index is 14.7. The highest BCUT2D eigenvalue weighted by Gasteiger charge is 2.45. The van der Waals surface area contributed by atoms with Gasteiger partial charge in [0.1, 0.15) is 13.2 Å². The summed E-state index contributed by atoms with van der Waals surface area (Å²) in [5, 5.41) is 6.42. The SMILES string of the molecule is COC(=O)CCN1C(C)(C)CC(Nc2nc(Nc3ccc4c(c3)OCCO4)ncc2F)CC1(C)C. The van der Waals surface area contributed by atoms with Crippen molar-refractivity contribution in [1.29, 1.82) is 0 Å². The number of benzene rings is 1. The number of nitrogens with zero attached hydrogens (tertiary/aromatic N) is 3. The van der Waals surface area contributed by atoms with Crippen LogP contribution in [0.3, 0.4) is 0 Å². The van der Waals surface area contributed by atoms with Crippen molar-refractivity contribution in [2.75, 3.05) is 37.5 Å². The number of anilines is 3. The van der Waals surface area contributed by atoms with Crippen LogP contribution in [0.2, 0.25) is 0 Å². The Morgan fingerprint density at radius 2 is 1.86 bits per heavy atom. The second-order valence-corrected chi connectivity index (χ2v) is 10.2. The first-order valence-electron chi connectivity index (χ1n) is 11.9. The lowest BCUT2D eigenvalue weighted by atomic mass is 9.76. The second-order valence-electron chi connectivity index (χ2n) is 10.2. The lowest BCUT2D eigenvalue weighted by Gasteiger charge is -2.55. The van der Waals surface area contributed by atoms with Crippen molar-refractivity contribution in [1.82, 2.24) is 14.9 Å². The van der Waals surface area contributed by atoms with Crippen LogP contribution in [-0.4, -0.2) is 64.8 Å². The summed E-state index contributed by atoms with van der Waals surface area (Å²) in [5.74, 6) is 1.02. The zero-order chi connectivity index (χ0) is 25.2. The van der Waals surface area contributed by atoms with Crippen molar-refractivity contribution in [2.24, 2.45) is 0 Å². The summed E-state index contributed by atoms with van der Waals surface area (Å²) in [6, 6.07) is 5.45. The fourth-order valence-electron chi connectivity index (χ4n) is 5.30. The number of halogens is 1. The Balaban J connectivity index is 1.46. The highest BCUT2D eigenvalue weighted by atomic mass is 19.1. The van der Waals surface area contributed by atoms with E-state index in [1.165, 1.54) is 7.11 Å². The third-order valence-corrected chi connectivity index (χ3v) is 6.60. The number of rotatable bonds is 7. The quantitative estimate of drug-likeness (QED) is 0.559. The van der Waals surface area contributed by atoms with Crippen LogP contribution in [0.15, 0.2) is 24.4 Å². The van der Waals surface area contributed by atoms with Crippen molar-refractivity contribution in [3.8, 4) is 11.5 Å². The van der Waals surface area contributed by atoms with E-state index >= 15 is 0 Å². The number of aromatic nitrogens is 2. The third kappa shape index (κ3) is 5.75. The molecule has 1 aromatic heterocycles. The van der Waals surface area contributed by atoms with Gasteiger partial charge in [-0.2, -0.15) is 4.98 Å². The maximum absolute atomic E-state index is 14.7. The molecule has 10 heteroatoms. The number of likely N-dealkylation sites (tertiary alicyclic amines) is 1. The molecule has 1 fully saturated rings. The minimum Gasteiger partial charge on any atom is -0.486 e. The minimum atomic E-state index is -0.513. The van der Waals surface area contributed by atoms with E-state index in [9.17, 15) is 9.18 Å². The Morgan fingerprint density at radius 1 is 1.17 bits per heavy atom. The molecule has 35 heavy (non-hydrogen) atoms. The van der Waals surface area contributed by atoms with Crippen molar-refractivity contribution in [2.45, 2.75) is 64.1 Å². The standard InChI is InChI=1S/C25H34FN5O4/c1-24(2)13-17(14-25(3,4)31(24)9-8-21(32)33-5)28-22-18(26)15-27-23(30-22)29-16-6-7-19-20(12-16)35-11-10-34-19/h6-7,12,15,17H,8-11,13-14H2,1-5H3,(H2,27,28,29,30). The number of hydrogen-bond donors (Lipinski definition) is 2. The van der Waals surface area contributed by atoms with E-state index in [-0.39, 0.29) is 34.9 Å². The summed E-state index contributed by atoms with van der Waals surface area (Å²) in [7, 11) is 1.40. The average Bonchev–Trinajstić information content (AvgIpc) is 2.79. The molecule has 3 heterocycles. The molecule has 0 spiro atoms. The van der Waals surface area contributed by atoms with Gasteiger partial charge in [-0.25, -0.2) is 9.37 Å². The molecule has 0 unspecified atom stereocenters. The van der Waals surface area contributed by atoms with Gasteiger partial charge in [0.25, 0.3) is 0 Å². The summed E-state index contributed by atoms with van der Waals surface area (Å²) in [6.07, 6.45) is 3.01. The Labute approximate surface area is 205 Å². The van der Waals surface area contributed by atoms with Crippen LogP contribution >= 0.6 is 0 Å². The van der Waals surface area contributed by atoms with E-state index in [0.717, 1.165) is 19.0 Å². The van der Waals surface area contributed by atoms with Gasteiger partial charge in [0.2, 0.25) is 5.95 Å². The van der Waals surface area contributed by atoms with Crippen LogP contribution in [-0.2, 0) is 9.53 Å². The normalized spacial score (nSPS) is 19.1. The number of carbonyl (C=O) groups excluding carboxylic acids is 1. The Hall–Kier alpha value is -3.14. The molecule has 1 saturated heterocycles. The van der Waals surface area contributed by atoms with Crippen molar-refractivity contribution >= 4 is 23.4 Å². The van der Waals surface area contributed by atoms with Crippen LogP contribution in [0.4, 0.5) is 21.8 Å². The molecule has 1 aromatic carbocycles. The summed E-state index contributed by atoms with van der Waals surface area (Å²) in [6.45, 7) is 10.2. The highest BCUT2D eigenvalue weighted by Crippen LogP contribution is 2.40. The smallest absolute Gasteiger partial charge is 0.306 e. The first-order valence-corrected chi connectivity index (χ1v) is 11.9. The van der Waals surface area contributed by atoms with Gasteiger partial charge in [0, 0.05) is 35.4 Å². The second kappa shape index (κ2) is 9.85. The topological polar surface area (TPSA) is 97.8 Å². The van der Waals surface area contributed by atoms with E-state index in [4.69, 9.17) is 14.2 Å². The van der Waals surface area contributed by atoms with Gasteiger partial charge in [0.15, 0.2) is 23.1 Å². The predicted molar refractivity (Wildman–Crippen MR) is 131 cm³/mol. The van der Waals surface area contributed by atoms with Gasteiger partial charge < -0.3 is 24.8 Å². The molecule has 0 aliphatic carbocycles. The van der Waals surface area contributed by atoms with E-state index in [2.05, 4.69) is 53.2 Å². The molecule has 0 atom stereocenters. The zero-order valence-corrected chi connectivity index (χ0v) is 21.0. The summed E-state index contributed by atoms with van der Waals surface area (Å²) >= 11 is 0. The van der Waals surface area contributed by atoms with Crippen LogP contribution < -0.4 is 20.1 Å². The molecule has 0 saturated carbocycles. The summed E-state index contributed by atoms with van der Waals surface area (Å²) < 4.78 is 30.7. The lowest BCUT2D eigenvalue weighted by molar-refractivity contribution is -0.142. The summed E-state index contributed by atoms with van der Waals surface area (Å²) in [4.78, 5) is 22.6. The van der Waals surface area contributed by atoms with E-state index in [1.54, 1.807) is 0 Å². The van der Waals surface area contributed by atoms with Crippen LogP contribution in [0.5, 0.6) is 11.5 Å². The van der Waals surface area contributed by atoms with Gasteiger partial charge in [-0.05, 0) is 52.7 Å². The number of hydrogen-bond acceptors (Lipinski definition) is 9. The molecule has 0 radical (unpaired) electrons. The van der Waals surface area contributed by atoms with Gasteiger partial charge in [-0.1, -0.05) is 0 Å². The van der Waals surface area contributed by atoms with Gasteiger partial charge in [-0.15, -0.1) is 0 Å². The van der Waals surface area contributed by atoms with Crippen molar-refractivity contribution < 1.29 is 23.4 Å². The Morgan fingerprint density at radius 3 is 2.54 bits per heavy atom. The van der Waals surface area contributed by atoms with Crippen molar-refractivity contribution in [3.05, 3.63) is 30.2 Å². The van der Waals surface area contributed by atoms with Gasteiger partial charge in [-0.3, -0.25) is 9.69 Å². The van der Waals surface area contributed by atoms with Crippen LogP contribution in [0.1, 0.15) is 47.0 Å². The molecular formula is C25H34FN5O4. The molecule has 2 N–H and O–H groups in total. The minimum absolute atomic E-state index is 0.0130. The largest absolute Gasteiger partial charge is 0.486 e. The number of nitrogens with one attached hydrogen (secondary N) is 2.